The molecule has 0 bridgehead atoms. The van der Waals surface area contributed by atoms with E-state index in [0.717, 1.165) is 10.1 Å². The minimum absolute atomic E-state index is 0.0526. The van der Waals surface area contributed by atoms with Crippen molar-refractivity contribution < 1.29 is 13.2 Å². The van der Waals surface area contributed by atoms with Crippen LogP contribution in [0.15, 0.2) is 33.1 Å². The Morgan fingerprint density at radius 1 is 1.32 bits per heavy atom. The summed E-state index contributed by atoms with van der Waals surface area (Å²) in [6, 6.07) is 4.09. The zero-order valence-electron chi connectivity index (χ0n) is 17.0. The van der Waals surface area contributed by atoms with Crippen molar-refractivity contribution in [2.45, 2.75) is 34.9 Å². The van der Waals surface area contributed by atoms with Crippen molar-refractivity contribution in [3.05, 3.63) is 34.4 Å². The normalized spacial score (nSPS) is 15.9. The van der Waals surface area contributed by atoms with Crippen molar-refractivity contribution >= 4 is 55.5 Å². The number of aromatic nitrogens is 4. The Kier molecular flexibility index (Phi) is 6.77. The van der Waals surface area contributed by atoms with E-state index < -0.39 is 10.0 Å². The van der Waals surface area contributed by atoms with Crippen molar-refractivity contribution in [1.82, 2.24) is 24.1 Å². The van der Waals surface area contributed by atoms with Crippen LogP contribution in [0.3, 0.4) is 0 Å². The van der Waals surface area contributed by atoms with Crippen LogP contribution < -0.4 is 5.32 Å². The zero-order valence-corrected chi connectivity index (χ0v) is 20.3. The van der Waals surface area contributed by atoms with E-state index in [2.05, 4.69) is 26.6 Å². The fourth-order valence-electron chi connectivity index (χ4n) is 3.19. The SMILES string of the molecule is Cc1nc(S(=O)(=O)N2CCC(C(=O)Nc3nnc(SCc4cccs4)s3)CC2)cn1C. The molecular weight excluding hydrogens is 477 g/mol. The van der Waals surface area contributed by atoms with E-state index in [1.807, 2.05) is 11.4 Å². The van der Waals surface area contributed by atoms with Crippen LogP contribution in [0.25, 0.3) is 0 Å². The Morgan fingerprint density at radius 3 is 2.74 bits per heavy atom. The Balaban J connectivity index is 1.29. The molecule has 0 radical (unpaired) electrons. The lowest BCUT2D eigenvalue weighted by molar-refractivity contribution is -0.120. The van der Waals surface area contributed by atoms with Gasteiger partial charge in [0.2, 0.25) is 11.0 Å². The first-order valence-electron chi connectivity index (χ1n) is 9.62. The summed E-state index contributed by atoms with van der Waals surface area (Å²) >= 11 is 4.63. The lowest BCUT2D eigenvalue weighted by Gasteiger charge is -2.29. The molecule has 3 aromatic rings. The predicted molar refractivity (Wildman–Crippen MR) is 122 cm³/mol. The number of hydrogen-bond acceptors (Lipinski definition) is 9. The molecule has 166 valence electrons. The number of carbonyl (C=O) groups excluding carboxylic acids is 1. The van der Waals surface area contributed by atoms with Crippen LogP contribution >= 0.6 is 34.4 Å². The Labute approximate surface area is 193 Å². The monoisotopic (exact) mass is 498 g/mol. The molecule has 4 rings (SSSR count). The molecule has 0 saturated carbocycles. The number of rotatable bonds is 7. The number of thiophene rings is 1. The Hall–Kier alpha value is -1.80. The first kappa shape index (κ1) is 22.4. The first-order valence-corrected chi connectivity index (χ1v) is 13.7. The number of anilines is 1. The third-order valence-corrected chi connectivity index (χ3v) is 9.92. The van der Waals surface area contributed by atoms with Gasteiger partial charge in [-0.25, -0.2) is 13.4 Å². The topological polar surface area (TPSA) is 110 Å². The van der Waals surface area contributed by atoms with Crippen LogP contribution in [0.2, 0.25) is 0 Å². The lowest BCUT2D eigenvalue weighted by atomic mass is 9.97. The van der Waals surface area contributed by atoms with E-state index in [1.165, 1.54) is 26.7 Å². The fraction of sp³-hybridized carbons (Fsp3) is 0.444. The van der Waals surface area contributed by atoms with Gasteiger partial charge in [0.1, 0.15) is 5.82 Å². The molecule has 1 saturated heterocycles. The summed E-state index contributed by atoms with van der Waals surface area (Å²) in [6.45, 7) is 2.33. The van der Waals surface area contributed by atoms with E-state index >= 15 is 0 Å². The van der Waals surface area contributed by atoms with E-state index in [-0.39, 0.29) is 29.9 Å². The average molecular weight is 499 g/mol. The van der Waals surface area contributed by atoms with E-state index in [1.54, 1.807) is 41.6 Å². The summed E-state index contributed by atoms with van der Waals surface area (Å²) in [4.78, 5) is 18.0. The summed E-state index contributed by atoms with van der Waals surface area (Å²) in [7, 11) is -1.88. The second kappa shape index (κ2) is 9.36. The summed E-state index contributed by atoms with van der Waals surface area (Å²) in [6.07, 6.45) is 2.43. The smallest absolute Gasteiger partial charge is 0.262 e. The Morgan fingerprint density at radius 2 is 2.10 bits per heavy atom. The van der Waals surface area contributed by atoms with Gasteiger partial charge in [-0.15, -0.1) is 21.5 Å². The van der Waals surface area contributed by atoms with Crippen LogP contribution in [-0.2, 0) is 27.6 Å². The van der Waals surface area contributed by atoms with Gasteiger partial charge in [0.25, 0.3) is 10.0 Å². The second-order valence-electron chi connectivity index (χ2n) is 7.15. The molecule has 9 nitrogen and oxygen atoms in total. The van der Waals surface area contributed by atoms with Gasteiger partial charge >= 0.3 is 0 Å². The Bertz CT molecular complexity index is 1130. The van der Waals surface area contributed by atoms with Crippen molar-refractivity contribution in [2.24, 2.45) is 13.0 Å². The zero-order chi connectivity index (χ0) is 22.0. The summed E-state index contributed by atoms with van der Waals surface area (Å²) in [5, 5.41) is 13.6. The molecule has 3 aromatic heterocycles. The first-order chi connectivity index (χ1) is 14.8. The molecule has 0 unspecified atom stereocenters. The van der Waals surface area contributed by atoms with Gasteiger partial charge in [-0.2, -0.15) is 4.31 Å². The molecule has 0 aliphatic carbocycles. The van der Waals surface area contributed by atoms with E-state index in [9.17, 15) is 13.2 Å². The highest BCUT2D eigenvalue weighted by molar-refractivity contribution is 8.00. The van der Waals surface area contributed by atoms with Gasteiger partial charge in [0, 0.05) is 42.9 Å². The molecule has 1 aliphatic rings. The summed E-state index contributed by atoms with van der Waals surface area (Å²) in [5.74, 6) is 1.06. The molecule has 1 fully saturated rings. The summed E-state index contributed by atoms with van der Waals surface area (Å²) < 4.78 is 29.5. The maximum Gasteiger partial charge on any atom is 0.262 e. The van der Waals surface area contributed by atoms with Crippen LogP contribution in [0.1, 0.15) is 23.5 Å². The molecule has 4 heterocycles. The highest BCUT2D eigenvalue weighted by Crippen LogP contribution is 2.30. The second-order valence-corrected chi connectivity index (χ2v) is 12.3. The molecule has 1 N–H and O–H groups in total. The number of piperidine rings is 1. The van der Waals surface area contributed by atoms with Gasteiger partial charge in [-0.05, 0) is 31.2 Å². The number of imidazole rings is 1. The molecule has 13 heteroatoms. The predicted octanol–water partition coefficient (Wildman–Crippen LogP) is 2.97. The molecular formula is C18H22N6O3S4. The summed E-state index contributed by atoms with van der Waals surface area (Å²) in [5.41, 5.74) is 0. The molecule has 0 atom stereocenters. The van der Waals surface area contributed by atoms with Crippen molar-refractivity contribution in [2.75, 3.05) is 18.4 Å². The minimum Gasteiger partial charge on any atom is -0.337 e. The lowest BCUT2D eigenvalue weighted by Crippen LogP contribution is -2.41. The number of amides is 1. The van der Waals surface area contributed by atoms with Crippen LogP contribution in [0.4, 0.5) is 5.13 Å². The number of carbonyl (C=O) groups is 1. The molecule has 1 amide bonds. The van der Waals surface area contributed by atoms with Gasteiger partial charge in [-0.1, -0.05) is 29.2 Å². The van der Waals surface area contributed by atoms with Crippen LogP contribution in [-0.4, -0.2) is 51.5 Å². The maximum atomic E-state index is 12.8. The van der Waals surface area contributed by atoms with Gasteiger partial charge in [0.05, 0.1) is 0 Å². The third kappa shape index (κ3) is 5.17. The number of sulfonamides is 1. The van der Waals surface area contributed by atoms with Crippen LogP contribution in [0.5, 0.6) is 0 Å². The number of nitrogens with zero attached hydrogens (tertiary/aromatic N) is 5. The molecule has 0 spiro atoms. The average Bonchev–Trinajstić information content (AvgIpc) is 3.49. The number of thioether (sulfide) groups is 1. The van der Waals surface area contributed by atoms with E-state index in [4.69, 9.17) is 0 Å². The van der Waals surface area contributed by atoms with Gasteiger partial charge in [0.15, 0.2) is 9.37 Å². The van der Waals surface area contributed by atoms with Gasteiger partial charge < -0.3 is 9.88 Å². The largest absolute Gasteiger partial charge is 0.337 e. The standard InChI is InChI=1S/C18H22N6O3S4/c1-12-19-15(10-23(12)2)31(26,27)24-7-5-13(6-8-24)16(25)20-17-21-22-18(30-17)29-11-14-4-3-9-28-14/h3-4,9-10,13H,5-8,11H2,1-2H3,(H,20,21,25). The van der Waals surface area contributed by atoms with Crippen LogP contribution in [0, 0.1) is 12.8 Å². The minimum atomic E-state index is -3.65. The third-order valence-electron chi connectivity index (χ3n) is 5.07. The highest BCUT2D eigenvalue weighted by Gasteiger charge is 2.33. The van der Waals surface area contributed by atoms with Crippen molar-refractivity contribution in [3.8, 4) is 0 Å². The quantitative estimate of drug-likeness (QED) is 0.394. The maximum absolute atomic E-state index is 12.8. The number of aryl methyl sites for hydroxylation is 2. The molecule has 1 aliphatic heterocycles. The fourth-order valence-corrected chi connectivity index (χ4v) is 7.22. The number of nitrogens with one attached hydrogen (secondary N) is 1. The van der Waals surface area contributed by atoms with Crippen molar-refractivity contribution in [3.63, 3.8) is 0 Å². The number of hydrogen-bond donors (Lipinski definition) is 1. The van der Waals surface area contributed by atoms with Crippen molar-refractivity contribution in [1.29, 1.82) is 0 Å². The van der Waals surface area contributed by atoms with E-state index in [0.29, 0.717) is 23.8 Å². The highest BCUT2D eigenvalue weighted by atomic mass is 32.2. The molecule has 31 heavy (non-hydrogen) atoms. The molecule has 0 aromatic carbocycles. The van der Waals surface area contributed by atoms with Gasteiger partial charge in [-0.3, -0.25) is 4.79 Å².